The number of rotatable bonds is 2. The summed E-state index contributed by atoms with van der Waals surface area (Å²) < 4.78 is 2.39. The third kappa shape index (κ3) is 3.20. The Bertz CT molecular complexity index is 1560. The van der Waals surface area contributed by atoms with Gasteiger partial charge in [0.1, 0.15) is 0 Å². The van der Waals surface area contributed by atoms with Crippen LogP contribution in [-0.4, -0.2) is 4.57 Å². The van der Waals surface area contributed by atoms with E-state index in [-0.39, 0.29) is 13.5 Å². The van der Waals surface area contributed by atoms with E-state index in [4.69, 9.17) is 11.6 Å². The number of hydrogen-bond acceptors (Lipinski definition) is 0. The van der Waals surface area contributed by atoms with Gasteiger partial charge in [-0.05, 0) is 46.8 Å². The Hall–Kier alpha value is -3.20. The van der Waals surface area contributed by atoms with Crippen LogP contribution in [0.5, 0.6) is 0 Å². The number of halogens is 1. The molecule has 0 amide bonds. The Morgan fingerprint density at radius 2 is 1.19 bits per heavy atom. The second kappa shape index (κ2) is 7.81. The minimum atomic E-state index is 0. The predicted octanol–water partition coefficient (Wildman–Crippen LogP) is 8.37. The summed E-state index contributed by atoms with van der Waals surface area (Å²) in [5, 5.41) is 5.76. The van der Waals surface area contributed by atoms with Gasteiger partial charge < -0.3 is 4.57 Å². The highest BCUT2D eigenvalue weighted by Crippen LogP contribution is 2.36. The molecule has 1 aromatic heterocycles. The van der Waals surface area contributed by atoms with E-state index < -0.39 is 0 Å². The van der Waals surface area contributed by atoms with Gasteiger partial charge in [-0.25, -0.2) is 0 Å². The Morgan fingerprint density at radius 1 is 0.516 bits per heavy atom. The first-order valence-electron chi connectivity index (χ1n) is 10.1. The summed E-state index contributed by atoms with van der Waals surface area (Å²) in [6, 6.07) is 38.5. The quantitative estimate of drug-likeness (QED) is 0.256. The van der Waals surface area contributed by atoms with E-state index in [1.54, 1.807) is 0 Å². The lowest BCUT2D eigenvalue weighted by molar-refractivity contribution is 1.20. The van der Waals surface area contributed by atoms with E-state index in [0.717, 1.165) is 16.1 Å². The molecule has 0 aliphatic rings. The van der Waals surface area contributed by atoms with Gasteiger partial charge in [-0.15, -0.1) is 0 Å². The topological polar surface area (TPSA) is 4.93 Å². The number of para-hydroxylation sites is 1. The van der Waals surface area contributed by atoms with Gasteiger partial charge in [-0.1, -0.05) is 90.5 Å². The summed E-state index contributed by atoms with van der Waals surface area (Å²) in [6.07, 6.45) is 0. The molecule has 3 heteroatoms. The Kier molecular flexibility index (Phi) is 4.97. The molecular weight excluding hydrogens is 418 g/mol. The fourth-order valence-corrected chi connectivity index (χ4v) is 4.67. The van der Waals surface area contributed by atoms with Crippen LogP contribution < -0.4 is 0 Å². The van der Waals surface area contributed by atoms with E-state index in [2.05, 4.69) is 95.6 Å². The maximum atomic E-state index is 6.26. The molecule has 0 saturated carbocycles. The molecular formula is C28H20ClNS. The summed E-state index contributed by atoms with van der Waals surface area (Å²) in [6.45, 7) is 0. The lowest BCUT2D eigenvalue weighted by Gasteiger charge is -2.12. The van der Waals surface area contributed by atoms with Crippen LogP contribution in [0.25, 0.3) is 49.4 Å². The zero-order chi connectivity index (χ0) is 20.1. The molecule has 0 aliphatic carbocycles. The molecule has 0 unspecified atom stereocenters. The minimum Gasteiger partial charge on any atom is -0.309 e. The van der Waals surface area contributed by atoms with Gasteiger partial charge in [0.2, 0.25) is 0 Å². The van der Waals surface area contributed by atoms with Crippen LogP contribution in [0.3, 0.4) is 0 Å². The molecule has 6 aromatic rings. The summed E-state index contributed by atoms with van der Waals surface area (Å²) in [5.41, 5.74) is 5.90. The molecule has 0 radical (unpaired) electrons. The van der Waals surface area contributed by atoms with Crippen LogP contribution in [0.4, 0.5) is 0 Å². The van der Waals surface area contributed by atoms with Crippen LogP contribution >= 0.6 is 25.1 Å². The smallest absolute Gasteiger partial charge is 0.0547 e. The van der Waals surface area contributed by atoms with Crippen molar-refractivity contribution in [1.82, 2.24) is 4.57 Å². The fraction of sp³-hybridized carbons (Fsp3) is 0. The zero-order valence-corrected chi connectivity index (χ0v) is 18.5. The lowest BCUT2D eigenvalue weighted by atomic mass is 10.0. The molecule has 6 rings (SSSR count). The van der Waals surface area contributed by atoms with Crippen molar-refractivity contribution in [2.75, 3.05) is 0 Å². The Labute approximate surface area is 193 Å². The van der Waals surface area contributed by atoms with Crippen molar-refractivity contribution in [1.29, 1.82) is 0 Å². The zero-order valence-electron chi connectivity index (χ0n) is 16.7. The van der Waals surface area contributed by atoms with Crippen molar-refractivity contribution in [3.63, 3.8) is 0 Å². The van der Waals surface area contributed by atoms with Crippen LogP contribution in [-0.2, 0) is 0 Å². The summed E-state index contributed by atoms with van der Waals surface area (Å²) >= 11 is 6.26. The fourth-order valence-electron chi connectivity index (χ4n) is 4.48. The maximum Gasteiger partial charge on any atom is 0.0547 e. The predicted molar refractivity (Wildman–Crippen MR) is 139 cm³/mol. The number of benzene rings is 5. The van der Waals surface area contributed by atoms with Gasteiger partial charge in [0.25, 0.3) is 0 Å². The highest BCUT2D eigenvalue weighted by molar-refractivity contribution is 7.59. The van der Waals surface area contributed by atoms with Gasteiger partial charge in [-0.3, -0.25) is 0 Å². The third-order valence-corrected chi connectivity index (χ3v) is 6.07. The highest BCUT2D eigenvalue weighted by atomic mass is 35.5. The lowest BCUT2D eigenvalue weighted by Crippen LogP contribution is -1.95. The minimum absolute atomic E-state index is 0. The highest BCUT2D eigenvalue weighted by Gasteiger charge is 2.14. The maximum absolute atomic E-state index is 6.26. The van der Waals surface area contributed by atoms with E-state index >= 15 is 0 Å². The van der Waals surface area contributed by atoms with Gasteiger partial charge in [0, 0.05) is 21.2 Å². The second-order valence-corrected chi connectivity index (χ2v) is 8.03. The first-order valence-corrected chi connectivity index (χ1v) is 10.4. The molecule has 1 heterocycles. The number of aromatic nitrogens is 1. The monoisotopic (exact) mass is 437 g/mol. The molecule has 0 spiro atoms. The molecule has 0 N–H and O–H groups in total. The molecule has 0 bridgehead atoms. The molecule has 0 atom stereocenters. The molecule has 0 saturated heterocycles. The van der Waals surface area contributed by atoms with Crippen molar-refractivity contribution in [2.24, 2.45) is 0 Å². The van der Waals surface area contributed by atoms with Crippen molar-refractivity contribution >= 4 is 57.7 Å². The van der Waals surface area contributed by atoms with Crippen molar-refractivity contribution < 1.29 is 0 Å². The average molecular weight is 438 g/mol. The largest absolute Gasteiger partial charge is 0.309 e. The Morgan fingerprint density at radius 3 is 2.06 bits per heavy atom. The van der Waals surface area contributed by atoms with Gasteiger partial charge >= 0.3 is 0 Å². The molecule has 5 aromatic carbocycles. The first kappa shape index (κ1) is 19.7. The van der Waals surface area contributed by atoms with E-state index in [1.165, 1.54) is 38.3 Å². The van der Waals surface area contributed by atoms with E-state index in [9.17, 15) is 0 Å². The summed E-state index contributed by atoms with van der Waals surface area (Å²) in [7, 11) is 0. The number of hydrogen-bond donors (Lipinski definition) is 0. The normalized spacial score (nSPS) is 11.1. The molecule has 0 fully saturated rings. The van der Waals surface area contributed by atoms with Crippen LogP contribution in [0.15, 0.2) is 109 Å². The summed E-state index contributed by atoms with van der Waals surface area (Å²) in [5.74, 6) is 0. The number of nitrogens with zero attached hydrogens (tertiary/aromatic N) is 1. The van der Waals surface area contributed by atoms with Gasteiger partial charge in [0.05, 0.1) is 16.7 Å². The molecule has 1 nitrogen and oxygen atoms in total. The van der Waals surface area contributed by atoms with E-state index in [0.29, 0.717) is 0 Å². The van der Waals surface area contributed by atoms with E-state index in [1.807, 2.05) is 18.2 Å². The molecule has 31 heavy (non-hydrogen) atoms. The van der Waals surface area contributed by atoms with Gasteiger partial charge in [0.15, 0.2) is 0 Å². The average Bonchev–Trinajstić information content (AvgIpc) is 3.12. The SMILES string of the molecule is Clc1cccc(-c2ccc3c4ccccc4n(-c4cccc5ccccc45)c3c2)c1.S. The summed E-state index contributed by atoms with van der Waals surface area (Å²) in [4.78, 5) is 0. The van der Waals surface area contributed by atoms with Crippen LogP contribution in [0.1, 0.15) is 0 Å². The van der Waals surface area contributed by atoms with Crippen molar-refractivity contribution in [3.05, 3.63) is 114 Å². The molecule has 150 valence electrons. The Balaban J connectivity index is 0.00000204. The standard InChI is InChI=1S/C28H18ClN.H2S/c29-22-10-5-9-20(17-22)21-15-16-25-24-12-3-4-13-27(24)30(28(25)18-21)26-14-6-8-19-7-1-2-11-23(19)26;/h1-18H;1H2. The third-order valence-electron chi connectivity index (χ3n) is 5.84. The van der Waals surface area contributed by atoms with Crippen LogP contribution in [0, 0.1) is 0 Å². The van der Waals surface area contributed by atoms with Gasteiger partial charge in [-0.2, -0.15) is 13.5 Å². The first-order chi connectivity index (χ1) is 14.8. The molecule has 0 aliphatic heterocycles. The van der Waals surface area contributed by atoms with Crippen molar-refractivity contribution in [2.45, 2.75) is 0 Å². The van der Waals surface area contributed by atoms with Crippen LogP contribution in [0.2, 0.25) is 5.02 Å². The second-order valence-electron chi connectivity index (χ2n) is 7.59. The van der Waals surface area contributed by atoms with Crippen molar-refractivity contribution in [3.8, 4) is 16.8 Å². The number of fused-ring (bicyclic) bond motifs is 4.